The Morgan fingerprint density at radius 2 is 1.74 bits per heavy atom. The van der Waals surface area contributed by atoms with Gasteiger partial charge in [-0.15, -0.1) is 0 Å². The Labute approximate surface area is 242 Å². The highest BCUT2D eigenvalue weighted by Crippen LogP contribution is 2.50. The summed E-state index contributed by atoms with van der Waals surface area (Å²) >= 11 is 19.7. The molecule has 6 rings (SSSR count). The number of carbonyl (C=O) groups is 1. The molecule has 0 amide bonds. The van der Waals surface area contributed by atoms with Crippen LogP contribution in [0.1, 0.15) is 70.1 Å². The molecule has 3 aromatic carbocycles. The minimum Gasteiger partial charge on any atom is -0.493 e. The lowest BCUT2D eigenvalue weighted by atomic mass is 9.68. The molecule has 2 fully saturated rings. The number of rotatable bonds is 8. The van der Waals surface area contributed by atoms with E-state index < -0.39 is 5.97 Å². The standard InChI is InChI=1S/C31H28Cl3NO4/c1-16-5-6-18(13-23(16)31(36)37)19-11-20(12-19)22-10-9-21(14-27(22)34)38-15-24-29(35-39-30(24)17-7-8-17)28-25(32)3-2-4-26(28)33/h2-6,9-10,13-14,17,19-20,24,30H,7-8,11-12,15H2,1H3,(H,36,37)/t19-,20+,24?,30?. The highest BCUT2D eigenvalue weighted by Gasteiger charge is 2.46. The zero-order valence-corrected chi connectivity index (χ0v) is 23.6. The first-order valence-electron chi connectivity index (χ1n) is 13.2. The molecule has 0 radical (unpaired) electrons. The summed E-state index contributed by atoms with van der Waals surface area (Å²) in [5, 5.41) is 15.6. The molecule has 1 N–H and O–H groups in total. The maximum absolute atomic E-state index is 11.5. The first-order valence-corrected chi connectivity index (χ1v) is 14.4. The third kappa shape index (κ3) is 5.25. The number of oxime groups is 1. The van der Waals surface area contributed by atoms with E-state index in [9.17, 15) is 9.90 Å². The van der Waals surface area contributed by atoms with Crippen LogP contribution in [0.2, 0.25) is 15.1 Å². The maximum Gasteiger partial charge on any atom is 0.335 e. The molecule has 202 valence electrons. The molecular weight excluding hydrogens is 557 g/mol. The Bertz CT molecular complexity index is 1440. The van der Waals surface area contributed by atoms with Crippen LogP contribution >= 0.6 is 34.8 Å². The second kappa shape index (κ2) is 10.7. The van der Waals surface area contributed by atoms with Crippen LogP contribution < -0.4 is 4.74 Å². The molecule has 5 nitrogen and oxygen atoms in total. The van der Waals surface area contributed by atoms with E-state index in [1.54, 1.807) is 12.1 Å². The first kappa shape index (κ1) is 26.5. The molecule has 8 heteroatoms. The Morgan fingerprint density at radius 3 is 2.41 bits per heavy atom. The van der Waals surface area contributed by atoms with Crippen LogP contribution in [0.25, 0.3) is 0 Å². The van der Waals surface area contributed by atoms with Crippen molar-refractivity contribution in [3.05, 3.63) is 97.5 Å². The topological polar surface area (TPSA) is 68.1 Å². The van der Waals surface area contributed by atoms with Gasteiger partial charge in [0.05, 0.1) is 21.5 Å². The number of ether oxygens (including phenoxy) is 1. The van der Waals surface area contributed by atoms with Gasteiger partial charge in [-0.3, -0.25) is 0 Å². The quantitative estimate of drug-likeness (QED) is 0.288. The number of nitrogens with zero attached hydrogens (tertiary/aromatic N) is 1. The van der Waals surface area contributed by atoms with E-state index in [0.717, 1.165) is 48.1 Å². The van der Waals surface area contributed by atoms with Crippen molar-refractivity contribution in [3.63, 3.8) is 0 Å². The lowest BCUT2D eigenvalue weighted by Crippen LogP contribution is -2.31. The lowest BCUT2D eigenvalue weighted by Gasteiger charge is -2.37. The lowest BCUT2D eigenvalue weighted by molar-refractivity contribution is 0.0340. The average Bonchev–Trinajstić information content (AvgIpc) is 3.64. The molecule has 0 bridgehead atoms. The second-order valence-corrected chi connectivity index (χ2v) is 12.0. The second-order valence-electron chi connectivity index (χ2n) is 10.8. The monoisotopic (exact) mass is 583 g/mol. The fourth-order valence-electron chi connectivity index (χ4n) is 5.78. The van der Waals surface area contributed by atoms with Crippen molar-refractivity contribution in [3.8, 4) is 5.75 Å². The summed E-state index contributed by atoms with van der Waals surface area (Å²) in [6.45, 7) is 2.20. The molecular formula is C31H28Cl3NO4. The number of carboxylic acid groups (broad SMARTS) is 1. The van der Waals surface area contributed by atoms with Crippen molar-refractivity contribution in [2.75, 3.05) is 6.61 Å². The van der Waals surface area contributed by atoms with E-state index in [4.69, 9.17) is 44.4 Å². The van der Waals surface area contributed by atoms with Gasteiger partial charge in [-0.05, 0) is 97.4 Å². The van der Waals surface area contributed by atoms with Crippen molar-refractivity contribution >= 4 is 46.5 Å². The number of hydrogen-bond donors (Lipinski definition) is 1. The average molecular weight is 585 g/mol. The number of aromatic carboxylic acids is 1. The predicted octanol–water partition coefficient (Wildman–Crippen LogP) is 8.52. The molecule has 2 unspecified atom stereocenters. The largest absolute Gasteiger partial charge is 0.493 e. The Morgan fingerprint density at radius 1 is 1.00 bits per heavy atom. The number of aryl methyl sites for hydroxylation is 1. The number of carboxylic acids is 1. The smallest absolute Gasteiger partial charge is 0.335 e. The van der Waals surface area contributed by atoms with Gasteiger partial charge < -0.3 is 14.7 Å². The summed E-state index contributed by atoms with van der Waals surface area (Å²) in [7, 11) is 0. The van der Waals surface area contributed by atoms with Gasteiger partial charge >= 0.3 is 5.97 Å². The zero-order chi connectivity index (χ0) is 27.3. The van der Waals surface area contributed by atoms with Crippen LogP contribution in [0.4, 0.5) is 0 Å². The summed E-state index contributed by atoms with van der Waals surface area (Å²) in [6.07, 6.45) is 4.04. The van der Waals surface area contributed by atoms with E-state index in [2.05, 4.69) is 5.16 Å². The number of halogens is 3. The van der Waals surface area contributed by atoms with Crippen LogP contribution in [0, 0.1) is 18.8 Å². The third-order valence-electron chi connectivity index (χ3n) is 8.27. The van der Waals surface area contributed by atoms with E-state index in [0.29, 0.717) is 56.3 Å². The molecule has 1 heterocycles. The van der Waals surface area contributed by atoms with Crippen molar-refractivity contribution < 1.29 is 19.5 Å². The van der Waals surface area contributed by atoms with Gasteiger partial charge in [0.2, 0.25) is 0 Å². The van der Waals surface area contributed by atoms with Crippen molar-refractivity contribution in [2.45, 2.75) is 50.5 Å². The molecule has 2 saturated carbocycles. The summed E-state index contributed by atoms with van der Waals surface area (Å²) in [5.41, 5.74) is 4.75. The molecule has 1 aliphatic heterocycles. The Balaban J connectivity index is 1.13. The highest BCUT2D eigenvalue weighted by atomic mass is 35.5. The van der Waals surface area contributed by atoms with Crippen LogP contribution in [0.5, 0.6) is 5.75 Å². The molecule has 2 aliphatic carbocycles. The van der Waals surface area contributed by atoms with E-state index in [1.807, 2.05) is 49.4 Å². The van der Waals surface area contributed by atoms with Gasteiger partial charge in [0.25, 0.3) is 0 Å². The summed E-state index contributed by atoms with van der Waals surface area (Å²) in [4.78, 5) is 17.4. The minimum atomic E-state index is -0.884. The summed E-state index contributed by atoms with van der Waals surface area (Å²) in [5.74, 6) is 0.830. The summed E-state index contributed by atoms with van der Waals surface area (Å²) < 4.78 is 6.25. The molecule has 2 atom stereocenters. The van der Waals surface area contributed by atoms with Crippen molar-refractivity contribution in [1.82, 2.24) is 0 Å². The Hall–Kier alpha value is -2.73. The fourth-order valence-corrected chi connectivity index (χ4v) is 6.70. The predicted molar refractivity (Wildman–Crippen MR) is 154 cm³/mol. The van der Waals surface area contributed by atoms with E-state index in [1.165, 1.54) is 0 Å². The molecule has 0 saturated heterocycles. The van der Waals surface area contributed by atoms with Gasteiger partial charge in [-0.1, -0.05) is 64.2 Å². The molecule has 3 aliphatic rings. The zero-order valence-electron chi connectivity index (χ0n) is 21.4. The van der Waals surface area contributed by atoms with Crippen LogP contribution in [0.3, 0.4) is 0 Å². The van der Waals surface area contributed by atoms with Gasteiger partial charge in [0.15, 0.2) is 0 Å². The number of hydrogen-bond acceptors (Lipinski definition) is 4. The highest BCUT2D eigenvalue weighted by molar-refractivity contribution is 6.40. The van der Waals surface area contributed by atoms with E-state index in [-0.39, 0.29) is 12.0 Å². The van der Waals surface area contributed by atoms with Crippen LogP contribution in [-0.4, -0.2) is 29.5 Å². The van der Waals surface area contributed by atoms with Gasteiger partial charge in [0, 0.05) is 10.6 Å². The van der Waals surface area contributed by atoms with Crippen LogP contribution in [-0.2, 0) is 4.84 Å². The van der Waals surface area contributed by atoms with Crippen molar-refractivity contribution in [2.24, 2.45) is 17.0 Å². The fraction of sp³-hybridized carbons (Fsp3) is 0.355. The SMILES string of the molecule is Cc1ccc([C@H]2C[C@@H](c3ccc(OCC4C(c5c(Cl)cccc5Cl)=NOC4C4CC4)cc3Cl)C2)cc1C(=O)O. The van der Waals surface area contributed by atoms with Crippen LogP contribution in [0.15, 0.2) is 59.8 Å². The van der Waals surface area contributed by atoms with Gasteiger partial charge in [0.1, 0.15) is 24.2 Å². The van der Waals surface area contributed by atoms with Gasteiger partial charge in [-0.2, -0.15) is 0 Å². The molecule has 3 aromatic rings. The third-order valence-corrected chi connectivity index (χ3v) is 9.23. The number of benzene rings is 3. The van der Waals surface area contributed by atoms with Gasteiger partial charge in [-0.25, -0.2) is 4.79 Å². The minimum absolute atomic E-state index is 0.0580. The summed E-state index contributed by atoms with van der Waals surface area (Å²) in [6, 6.07) is 17.1. The molecule has 0 aromatic heterocycles. The Kier molecular flexibility index (Phi) is 7.26. The van der Waals surface area contributed by atoms with Crippen molar-refractivity contribution in [1.29, 1.82) is 0 Å². The molecule has 39 heavy (non-hydrogen) atoms. The van der Waals surface area contributed by atoms with E-state index >= 15 is 0 Å². The first-order chi connectivity index (χ1) is 18.8. The normalized spacial score (nSPS) is 24.1. The maximum atomic E-state index is 11.5. The molecule has 0 spiro atoms.